The lowest BCUT2D eigenvalue weighted by Gasteiger charge is -2.06. The Morgan fingerprint density at radius 2 is 1.60 bits per heavy atom. The van der Waals surface area contributed by atoms with Crippen molar-refractivity contribution in [1.29, 1.82) is 0 Å². The van der Waals surface area contributed by atoms with Gasteiger partial charge in [0.15, 0.2) is 11.5 Å². The lowest BCUT2D eigenvalue weighted by Crippen LogP contribution is -2.47. The Morgan fingerprint density at radius 1 is 1.13 bits per heavy atom. The lowest BCUT2D eigenvalue weighted by atomic mass is 11.2. The molecule has 3 N–H and O–H groups in total. The molecule has 0 aliphatic rings. The van der Waals surface area contributed by atoms with Crippen molar-refractivity contribution in [2.24, 2.45) is 0 Å². The minimum absolute atomic E-state index is 0.641. The maximum atomic E-state index is 11.7. The van der Waals surface area contributed by atoms with E-state index in [9.17, 15) is 34.0 Å². The molecule has 0 aromatic rings. The molecular formula is CH3F2N3O6S3. The van der Waals surface area contributed by atoms with Crippen molar-refractivity contribution in [1.82, 2.24) is 13.6 Å². The third-order valence-corrected chi connectivity index (χ3v) is 2.78. The molecule has 0 aromatic carbocycles. The third-order valence-electron chi connectivity index (χ3n) is 0.575. The van der Waals surface area contributed by atoms with Crippen LogP contribution in [0.1, 0.15) is 0 Å². The second-order valence-corrected chi connectivity index (χ2v) is 5.12. The number of amides is 2. The van der Waals surface area contributed by atoms with Crippen molar-refractivity contribution in [3.05, 3.63) is 0 Å². The van der Waals surface area contributed by atoms with Crippen LogP contribution in [0.3, 0.4) is 0 Å². The number of halogens is 2. The summed E-state index contributed by atoms with van der Waals surface area (Å²) < 4.78 is 75.4. The molecule has 0 radical (unpaired) electrons. The maximum Gasteiger partial charge on any atom is 0.414 e. The van der Waals surface area contributed by atoms with Gasteiger partial charge in [-0.05, 0) is 0 Å². The molecule has 0 heterocycles. The quantitative estimate of drug-likeness (QED) is 0.398. The van der Waals surface area contributed by atoms with Crippen molar-refractivity contribution in [3.63, 3.8) is 0 Å². The van der Waals surface area contributed by atoms with Gasteiger partial charge in [-0.15, -0.1) is 4.72 Å². The second kappa shape index (κ2) is 4.88. The summed E-state index contributed by atoms with van der Waals surface area (Å²) >= 11 is -2.96. The Morgan fingerprint density at radius 3 is 1.93 bits per heavy atom. The normalized spacial score (nSPS) is 14.3. The molecule has 0 saturated heterocycles. The minimum Gasteiger partial charge on any atom is -0.573 e. The number of rotatable bonds is 4. The van der Waals surface area contributed by atoms with Crippen LogP contribution in [-0.2, 0) is 32.4 Å². The van der Waals surface area contributed by atoms with E-state index in [1.165, 1.54) is 0 Å². The fourth-order valence-corrected chi connectivity index (χ4v) is 1.77. The number of hydrogen-bond acceptors (Lipinski definition) is 6. The molecule has 2 amide bonds. The molecular weight excluding hydrogens is 284 g/mol. The zero-order valence-electron chi connectivity index (χ0n) is 6.43. The number of hydrogen-bond donors (Lipinski definition) is 3. The first-order valence-corrected chi connectivity index (χ1v) is 6.58. The Hall–Kier alpha value is -0.700. The summed E-state index contributed by atoms with van der Waals surface area (Å²) in [6.45, 7) is 0. The van der Waals surface area contributed by atoms with Gasteiger partial charge in [0.25, 0.3) is 0 Å². The van der Waals surface area contributed by atoms with E-state index >= 15 is 0 Å². The molecule has 0 aromatic heterocycles. The van der Waals surface area contributed by atoms with Gasteiger partial charge >= 0.3 is 26.8 Å². The molecule has 1 atom stereocenters. The van der Waals surface area contributed by atoms with E-state index in [1.807, 2.05) is 0 Å². The second-order valence-electron chi connectivity index (χ2n) is 1.76. The molecule has 0 bridgehead atoms. The van der Waals surface area contributed by atoms with Crippen LogP contribution in [0.5, 0.6) is 0 Å². The average Bonchev–Trinajstić information content (AvgIpc) is 1.73. The van der Waals surface area contributed by atoms with Crippen LogP contribution in [0.25, 0.3) is 0 Å². The van der Waals surface area contributed by atoms with Crippen molar-refractivity contribution >= 4 is 38.4 Å². The van der Waals surface area contributed by atoms with Crippen LogP contribution in [0.4, 0.5) is 12.6 Å². The molecule has 0 saturated carbocycles. The molecule has 90 valence electrons. The minimum atomic E-state index is -5.38. The molecule has 9 nitrogen and oxygen atoms in total. The van der Waals surface area contributed by atoms with E-state index in [4.69, 9.17) is 0 Å². The number of carbonyl (C=O) groups excluding carboxylic acids is 1. The monoisotopic (exact) mass is 287 g/mol. The Bertz CT molecular complexity index is 429. The van der Waals surface area contributed by atoms with Crippen molar-refractivity contribution in [3.8, 4) is 0 Å². The SMILES string of the molecule is O=C(N[S+]([O-])NS(=O)(=O)F)NS(=O)(=O)F. The molecule has 0 rings (SSSR count). The topological polar surface area (TPSA) is 144 Å². The highest BCUT2D eigenvalue weighted by Crippen LogP contribution is 1.89. The molecule has 14 heteroatoms. The van der Waals surface area contributed by atoms with Gasteiger partial charge in [0.05, 0.1) is 0 Å². The van der Waals surface area contributed by atoms with E-state index < -0.39 is 38.4 Å². The summed E-state index contributed by atoms with van der Waals surface area (Å²) in [7, 11) is -10.7. The van der Waals surface area contributed by atoms with Gasteiger partial charge in [0, 0.05) is 4.13 Å². The van der Waals surface area contributed by atoms with E-state index in [1.54, 1.807) is 0 Å². The van der Waals surface area contributed by atoms with Gasteiger partial charge in [0.1, 0.15) is 0 Å². The van der Waals surface area contributed by atoms with Crippen LogP contribution in [0.2, 0.25) is 0 Å². The summed E-state index contributed by atoms with van der Waals surface area (Å²) in [4.78, 5) is 10.4. The molecule has 0 fully saturated rings. The van der Waals surface area contributed by atoms with E-state index in [0.717, 1.165) is 8.85 Å². The smallest absolute Gasteiger partial charge is 0.414 e. The van der Waals surface area contributed by atoms with Crippen LogP contribution in [0.15, 0.2) is 0 Å². The van der Waals surface area contributed by atoms with Crippen LogP contribution < -0.4 is 13.6 Å². The van der Waals surface area contributed by atoms with Gasteiger partial charge < -0.3 is 4.55 Å². The summed E-state index contributed by atoms with van der Waals surface area (Å²) in [5.41, 5.74) is 0. The first-order valence-electron chi connectivity index (χ1n) is 2.66. The zero-order chi connectivity index (χ0) is 12.3. The lowest BCUT2D eigenvalue weighted by molar-refractivity contribution is 0.250. The van der Waals surface area contributed by atoms with Crippen LogP contribution in [0, 0.1) is 0 Å². The fourth-order valence-electron chi connectivity index (χ4n) is 0.327. The van der Waals surface area contributed by atoms with Crippen molar-refractivity contribution in [2.75, 3.05) is 0 Å². The van der Waals surface area contributed by atoms with E-state index in [-0.39, 0.29) is 0 Å². The van der Waals surface area contributed by atoms with E-state index in [0.29, 0.717) is 4.72 Å². The number of carbonyl (C=O) groups is 1. The predicted molar refractivity (Wildman–Crippen MR) is 43.0 cm³/mol. The Kier molecular flexibility index (Phi) is 4.65. The maximum absolute atomic E-state index is 11.7. The standard InChI is InChI=1S/CH3F2N3O6S3/c2-14(9,10)5-1(7)4-13(8)6-15(3,11)12/h6H,(H2,4,5,7). The summed E-state index contributed by atoms with van der Waals surface area (Å²) in [5.74, 6) is 0. The highest BCUT2D eigenvalue weighted by Gasteiger charge is 2.22. The third kappa shape index (κ3) is 9.60. The highest BCUT2D eigenvalue weighted by molar-refractivity contribution is 8.01. The molecule has 0 aliphatic heterocycles. The zero-order valence-corrected chi connectivity index (χ0v) is 8.88. The molecule has 1 unspecified atom stereocenters. The number of nitrogens with one attached hydrogen (secondary N) is 3. The molecule has 0 aliphatic carbocycles. The van der Waals surface area contributed by atoms with Gasteiger partial charge in [-0.3, -0.25) is 0 Å². The highest BCUT2D eigenvalue weighted by atomic mass is 32.3. The van der Waals surface area contributed by atoms with Gasteiger partial charge in [-0.2, -0.15) is 16.8 Å². The van der Waals surface area contributed by atoms with Crippen molar-refractivity contribution < 1.29 is 34.0 Å². The summed E-state index contributed by atoms with van der Waals surface area (Å²) in [6.07, 6.45) is 0. The summed E-state index contributed by atoms with van der Waals surface area (Å²) in [6, 6.07) is -1.84. The van der Waals surface area contributed by atoms with Gasteiger partial charge in [-0.25, -0.2) is 9.52 Å². The predicted octanol–water partition coefficient (Wildman–Crippen LogP) is -2.12. The molecule has 0 spiro atoms. The first kappa shape index (κ1) is 14.3. The van der Waals surface area contributed by atoms with Crippen LogP contribution in [-0.4, -0.2) is 27.4 Å². The molecule has 15 heavy (non-hydrogen) atoms. The largest absolute Gasteiger partial charge is 0.573 e. The average molecular weight is 287 g/mol. The first-order chi connectivity index (χ1) is 6.49. The Labute approximate surface area is 86.4 Å². The van der Waals surface area contributed by atoms with Crippen molar-refractivity contribution in [2.45, 2.75) is 0 Å². The van der Waals surface area contributed by atoms with Gasteiger partial charge in [0.2, 0.25) is 0 Å². The van der Waals surface area contributed by atoms with Gasteiger partial charge in [-0.1, -0.05) is 7.77 Å². The summed E-state index contributed by atoms with van der Waals surface area (Å²) in [5, 5.41) is 0. The number of urea groups is 1. The van der Waals surface area contributed by atoms with E-state index in [2.05, 4.69) is 0 Å². The fraction of sp³-hybridized carbons (Fsp3) is 0. The van der Waals surface area contributed by atoms with Crippen LogP contribution >= 0.6 is 0 Å². The Balaban J connectivity index is 4.21.